The fraction of sp³-hybridized carbons (Fsp3) is 0.500. The summed E-state index contributed by atoms with van der Waals surface area (Å²) in [5, 5.41) is 0.669. The predicted octanol–water partition coefficient (Wildman–Crippen LogP) is 3.55. The Kier molecular flexibility index (Phi) is 2.96. The lowest BCUT2D eigenvalue weighted by Gasteiger charge is -2.19. The fourth-order valence-corrected chi connectivity index (χ4v) is 4.05. The second-order valence-corrected chi connectivity index (χ2v) is 5.91. The predicted molar refractivity (Wildman–Crippen MR) is 75.1 cm³/mol. The molecule has 1 N–H and O–H groups in total. The highest BCUT2D eigenvalue weighted by atomic mass is 32.2. The van der Waals surface area contributed by atoms with Crippen LogP contribution in [0, 0.1) is 4.77 Å². The van der Waals surface area contributed by atoms with Crippen LogP contribution < -0.4 is 0 Å². The molecular formula is C12H15N3S2. The summed E-state index contributed by atoms with van der Waals surface area (Å²) >= 11 is 7.40. The van der Waals surface area contributed by atoms with Gasteiger partial charge >= 0.3 is 0 Å². The summed E-state index contributed by atoms with van der Waals surface area (Å²) in [6, 6.07) is 4.48. The third-order valence-electron chi connectivity index (χ3n) is 3.53. The summed E-state index contributed by atoms with van der Waals surface area (Å²) in [7, 11) is 0. The minimum absolute atomic E-state index is 0.501. The van der Waals surface area contributed by atoms with Crippen LogP contribution in [0.3, 0.4) is 0 Å². The number of nitrogens with one attached hydrogen (secondary N) is 1. The molecule has 1 aliphatic rings. The van der Waals surface area contributed by atoms with Gasteiger partial charge in [0.05, 0.1) is 5.52 Å². The van der Waals surface area contributed by atoms with Gasteiger partial charge in [0.15, 0.2) is 10.4 Å². The molecule has 1 fully saturated rings. The molecule has 17 heavy (non-hydrogen) atoms. The number of pyridine rings is 1. The highest BCUT2D eigenvalue weighted by Crippen LogP contribution is 2.38. The maximum atomic E-state index is 5.45. The summed E-state index contributed by atoms with van der Waals surface area (Å²) in [6.07, 6.45) is 7.81. The van der Waals surface area contributed by atoms with Crippen molar-refractivity contribution >= 4 is 35.1 Å². The maximum absolute atomic E-state index is 5.45. The summed E-state index contributed by atoms with van der Waals surface area (Å²) in [4.78, 5) is 7.73. The zero-order valence-corrected chi connectivity index (χ0v) is 11.4. The van der Waals surface area contributed by atoms with Crippen molar-refractivity contribution < 1.29 is 0 Å². The number of aromatic amines is 1. The van der Waals surface area contributed by atoms with E-state index in [9.17, 15) is 0 Å². The van der Waals surface area contributed by atoms with Gasteiger partial charge in [-0.1, -0.05) is 6.42 Å². The zero-order chi connectivity index (χ0) is 11.8. The Labute approximate surface area is 110 Å². The average Bonchev–Trinajstić information content (AvgIpc) is 2.90. The van der Waals surface area contributed by atoms with Crippen LogP contribution in [-0.2, 0) is 0 Å². The first-order valence-electron chi connectivity index (χ1n) is 5.89. The van der Waals surface area contributed by atoms with E-state index in [0.29, 0.717) is 11.3 Å². The average molecular weight is 265 g/mol. The van der Waals surface area contributed by atoms with E-state index in [1.165, 1.54) is 19.3 Å². The first-order chi connectivity index (χ1) is 8.31. The van der Waals surface area contributed by atoms with Gasteiger partial charge in [-0.25, -0.2) is 4.98 Å². The van der Waals surface area contributed by atoms with Crippen molar-refractivity contribution in [3.05, 3.63) is 23.1 Å². The van der Waals surface area contributed by atoms with Gasteiger partial charge in [-0.2, -0.15) is 11.8 Å². The monoisotopic (exact) mass is 265 g/mol. The summed E-state index contributed by atoms with van der Waals surface area (Å²) in [5.74, 6) is 0. The molecule has 0 spiro atoms. The molecule has 2 aromatic rings. The molecule has 2 atom stereocenters. The van der Waals surface area contributed by atoms with Crippen LogP contribution in [0.5, 0.6) is 0 Å². The number of fused-ring (bicyclic) bond motifs is 1. The molecule has 90 valence electrons. The van der Waals surface area contributed by atoms with Crippen molar-refractivity contribution in [3.8, 4) is 0 Å². The van der Waals surface area contributed by atoms with Gasteiger partial charge in [-0.15, -0.1) is 0 Å². The second-order valence-electron chi connectivity index (χ2n) is 4.45. The van der Waals surface area contributed by atoms with Crippen molar-refractivity contribution in [3.63, 3.8) is 0 Å². The van der Waals surface area contributed by atoms with Crippen molar-refractivity contribution in [1.29, 1.82) is 0 Å². The van der Waals surface area contributed by atoms with Crippen LogP contribution in [0.15, 0.2) is 18.3 Å². The molecule has 5 heteroatoms. The van der Waals surface area contributed by atoms with Gasteiger partial charge in [0.25, 0.3) is 0 Å². The number of imidazole rings is 1. The van der Waals surface area contributed by atoms with Crippen LogP contribution in [0.2, 0.25) is 0 Å². The van der Waals surface area contributed by atoms with E-state index in [4.69, 9.17) is 12.2 Å². The van der Waals surface area contributed by atoms with Gasteiger partial charge in [-0.3, -0.25) is 4.57 Å². The minimum Gasteiger partial charge on any atom is -0.329 e. The SMILES string of the molecule is CSC1CCCC1n1c(=S)[nH]c2cccnc21. The fourth-order valence-electron chi connectivity index (χ4n) is 2.74. The lowest BCUT2D eigenvalue weighted by atomic mass is 10.2. The number of hydrogen-bond donors (Lipinski definition) is 1. The van der Waals surface area contributed by atoms with Crippen molar-refractivity contribution in [2.24, 2.45) is 0 Å². The van der Waals surface area contributed by atoms with Crippen molar-refractivity contribution in [2.75, 3.05) is 6.26 Å². The molecule has 2 aromatic heterocycles. The Bertz CT molecular complexity index is 587. The van der Waals surface area contributed by atoms with E-state index >= 15 is 0 Å². The molecule has 0 amide bonds. The van der Waals surface area contributed by atoms with E-state index in [0.717, 1.165) is 15.9 Å². The zero-order valence-electron chi connectivity index (χ0n) is 9.72. The third kappa shape index (κ3) is 1.81. The Hall–Kier alpha value is -0.810. The van der Waals surface area contributed by atoms with Gasteiger partial charge in [-0.05, 0) is 43.4 Å². The second kappa shape index (κ2) is 4.46. The first-order valence-corrected chi connectivity index (χ1v) is 7.59. The number of hydrogen-bond acceptors (Lipinski definition) is 3. The van der Waals surface area contributed by atoms with Crippen molar-refractivity contribution in [1.82, 2.24) is 14.5 Å². The quantitative estimate of drug-likeness (QED) is 0.843. The summed E-state index contributed by atoms with van der Waals surface area (Å²) in [6.45, 7) is 0. The van der Waals surface area contributed by atoms with Crippen LogP contribution >= 0.6 is 24.0 Å². The Morgan fingerprint density at radius 3 is 3.24 bits per heavy atom. The van der Waals surface area contributed by atoms with Gasteiger partial charge in [0, 0.05) is 17.5 Å². The Morgan fingerprint density at radius 2 is 2.41 bits per heavy atom. The molecule has 1 aliphatic carbocycles. The molecule has 0 aromatic carbocycles. The molecule has 3 rings (SSSR count). The largest absolute Gasteiger partial charge is 0.329 e. The van der Waals surface area contributed by atoms with Gasteiger partial charge in [0.2, 0.25) is 0 Å². The highest BCUT2D eigenvalue weighted by Gasteiger charge is 2.29. The topological polar surface area (TPSA) is 33.6 Å². The highest BCUT2D eigenvalue weighted by molar-refractivity contribution is 7.99. The number of thioether (sulfide) groups is 1. The molecule has 1 saturated carbocycles. The van der Waals surface area contributed by atoms with Crippen molar-refractivity contribution in [2.45, 2.75) is 30.6 Å². The maximum Gasteiger partial charge on any atom is 0.179 e. The molecule has 0 bridgehead atoms. The van der Waals surface area contributed by atoms with Crippen LogP contribution in [0.1, 0.15) is 25.3 Å². The number of nitrogens with zero attached hydrogens (tertiary/aromatic N) is 2. The Balaban J connectivity index is 2.16. The van der Waals surface area contributed by atoms with E-state index < -0.39 is 0 Å². The molecule has 2 heterocycles. The smallest absolute Gasteiger partial charge is 0.179 e. The summed E-state index contributed by atoms with van der Waals surface area (Å²) in [5.41, 5.74) is 2.05. The van der Waals surface area contributed by atoms with Crippen LogP contribution in [0.4, 0.5) is 0 Å². The van der Waals surface area contributed by atoms with E-state index in [2.05, 4.69) is 20.8 Å². The minimum atomic E-state index is 0.501. The lowest BCUT2D eigenvalue weighted by molar-refractivity contribution is 0.533. The molecule has 2 unspecified atom stereocenters. The van der Waals surface area contributed by atoms with Crippen LogP contribution in [-0.4, -0.2) is 26.0 Å². The van der Waals surface area contributed by atoms with Gasteiger partial charge in [0.1, 0.15) is 0 Å². The van der Waals surface area contributed by atoms with E-state index in [-0.39, 0.29) is 0 Å². The van der Waals surface area contributed by atoms with E-state index in [1.807, 2.05) is 30.1 Å². The molecule has 3 nitrogen and oxygen atoms in total. The van der Waals surface area contributed by atoms with Crippen LogP contribution in [0.25, 0.3) is 11.2 Å². The number of rotatable bonds is 2. The number of aromatic nitrogens is 3. The number of H-pyrrole nitrogens is 1. The normalized spacial score (nSPS) is 24.5. The van der Waals surface area contributed by atoms with E-state index in [1.54, 1.807) is 0 Å². The third-order valence-corrected chi connectivity index (χ3v) is 4.98. The standard InChI is InChI=1S/C12H15N3S2/c1-17-10-6-2-5-9(10)15-11-8(14-12(15)16)4-3-7-13-11/h3-4,7,9-10H,2,5-6H2,1H3,(H,14,16). The Morgan fingerprint density at radius 1 is 1.53 bits per heavy atom. The van der Waals surface area contributed by atoms with Gasteiger partial charge < -0.3 is 4.98 Å². The molecule has 0 radical (unpaired) electrons. The molecule has 0 saturated heterocycles. The molecule has 0 aliphatic heterocycles. The first kappa shape index (κ1) is 11.3. The molecular weight excluding hydrogens is 250 g/mol. The summed E-state index contributed by atoms with van der Waals surface area (Å²) < 4.78 is 3.03. The lowest BCUT2D eigenvalue weighted by Crippen LogP contribution is -2.16.